The van der Waals surface area contributed by atoms with Crippen LogP contribution >= 0.6 is 11.3 Å². The summed E-state index contributed by atoms with van der Waals surface area (Å²) in [5.41, 5.74) is 2.12. The SMILES string of the molecule is COCc1nc([C@@H]2CCOC2)cc(N(C)Cc2csc(C(C)C)n2)n1. The molecule has 1 fully saturated rings. The van der Waals surface area contributed by atoms with E-state index in [0.29, 0.717) is 18.4 Å². The van der Waals surface area contributed by atoms with E-state index in [-0.39, 0.29) is 0 Å². The monoisotopic (exact) mass is 362 g/mol. The van der Waals surface area contributed by atoms with E-state index in [0.717, 1.165) is 49.2 Å². The van der Waals surface area contributed by atoms with Gasteiger partial charge in [-0.25, -0.2) is 15.0 Å². The van der Waals surface area contributed by atoms with Crippen LogP contribution in [-0.4, -0.2) is 42.3 Å². The molecule has 6 nitrogen and oxygen atoms in total. The number of aromatic nitrogens is 3. The summed E-state index contributed by atoms with van der Waals surface area (Å²) in [5, 5.41) is 3.31. The fraction of sp³-hybridized carbons (Fsp3) is 0.611. The molecular formula is C18H26N4O2S. The van der Waals surface area contributed by atoms with E-state index in [1.54, 1.807) is 18.4 Å². The molecule has 0 N–H and O–H groups in total. The fourth-order valence-corrected chi connectivity index (χ4v) is 3.68. The Labute approximate surface area is 153 Å². The van der Waals surface area contributed by atoms with Gasteiger partial charge in [0.2, 0.25) is 0 Å². The lowest BCUT2D eigenvalue weighted by atomic mass is 10.0. The van der Waals surface area contributed by atoms with Gasteiger partial charge >= 0.3 is 0 Å². The molecule has 7 heteroatoms. The average molecular weight is 362 g/mol. The van der Waals surface area contributed by atoms with Gasteiger partial charge in [-0.05, 0) is 6.42 Å². The summed E-state index contributed by atoms with van der Waals surface area (Å²) in [6.07, 6.45) is 1.01. The van der Waals surface area contributed by atoms with Crippen LogP contribution in [0.25, 0.3) is 0 Å². The van der Waals surface area contributed by atoms with Gasteiger partial charge in [0, 0.05) is 44.0 Å². The Morgan fingerprint density at radius 1 is 1.36 bits per heavy atom. The van der Waals surface area contributed by atoms with Crippen molar-refractivity contribution in [3.8, 4) is 0 Å². The van der Waals surface area contributed by atoms with Crippen LogP contribution in [0.4, 0.5) is 5.82 Å². The van der Waals surface area contributed by atoms with Crippen LogP contribution in [0.15, 0.2) is 11.4 Å². The molecule has 2 aromatic heterocycles. The topological polar surface area (TPSA) is 60.4 Å². The van der Waals surface area contributed by atoms with E-state index < -0.39 is 0 Å². The molecule has 0 amide bonds. The molecule has 0 radical (unpaired) electrons. The standard InChI is InChI=1S/C18H26N4O2S/c1-12(2)18-19-14(11-25-18)8-22(3)17-7-15(13-5-6-24-9-13)20-16(21-17)10-23-4/h7,11-13H,5-6,8-10H2,1-4H3/t13-/m1/s1. The van der Waals surface area contributed by atoms with E-state index >= 15 is 0 Å². The molecule has 1 aliphatic rings. The highest BCUT2D eigenvalue weighted by molar-refractivity contribution is 7.09. The number of methoxy groups -OCH3 is 1. The van der Waals surface area contributed by atoms with E-state index in [2.05, 4.69) is 40.2 Å². The molecule has 136 valence electrons. The van der Waals surface area contributed by atoms with E-state index in [9.17, 15) is 0 Å². The molecule has 0 aliphatic carbocycles. The van der Waals surface area contributed by atoms with Gasteiger partial charge in [-0.1, -0.05) is 13.8 Å². The van der Waals surface area contributed by atoms with Gasteiger partial charge in [-0.15, -0.1) is 11.3 Å². The molecule has 2 aromatic rings. The van der Waals surface area contributed by atoms with Crippen LogP contribution in [0.2, 0.25) is 0 Å². The summed E-state index contributed by atoms with van der Waals surface area (Å²) in [5.74, 6) is 2.43. The maximum atomic E-state index is 5.52. The third-order valence-corrected chi connectivity index (χ3v) is 5.45. The largest absolute Gasteiger partial charge is 0.381 e. The molecule has 1 saturated heterocycles. The van der Waals surface area contributed by atoms with Gasteiger partial charge < -0.3 is 14.4 Å². The van der Waals surface area contributed by atoms with Crippen LogP contribution < -0.4 is 4.90 Å². The number of hydrogen-bond donors (Lipinski definition) is 0. The second-order valence-electron chi connectivity index (χ2n) is 6.75. The zero-order valence-electron chi connectivity index (χ0n) is 15.4. The minimum Gasteiger partial charge on any atom is -0.381 e. The molecule has 0 aromatic carbocycles. The smallest absolute Gasteiger partial charge is 0.156 e. The second-order valence-corrected chi connectivity index (χ2v) is 7.64. The predicted octanol–water partition coefficient (Wildman–Crippen LogP) is 3.34. The second kappa shape index (κ2) is 8.21. The predicted molar refractivity (Wildman–Crippen MR) is 99.2 cm³/mol. The van der Waals surface area contributed by atoms with Crippen molar-refractivity contribution in [2.75, 3.05) is 32.3 Å². The first-order chi connectivity index (χ1) is 12.1. The first-order valence-electron chi connectivity index (χ1n) is 8.66. The lowest BCUT2D eigenvalue weighted by Gasteiger charge is -2.19. The van der Waals surface area contributed by atoms with Gasteiger partial charge in [0.05, 0.1) is 29.5 Å². The highest BCUT2D eigenvalue weighted by atomic mass is 32.1. The minimum atomic E-state index is 0.345. The van der Waals surface area contributed by atoms with Gasteiger partial charge in [-0.2, -0.15) is 0 Å². The highest BCUT2D eigenvalue weighted by Gasteiger charge is 2.21. The highest BCUT2D eigenvalue weighted by Crippen LogP contribution is 2.27. The van der Waals surface area contributed by atoms with Crippen molar-refractivity contribution in [3.63, 3.8) is 0 Å². The summed E-state index contributed by atoms with van der Waals surface area (Å²) < 4.78 is 10.8. The number of anilines is 1. The van der Waals surface area contributed by atoms with Crippen molar-refractivity contribution in [2.45, 2.75) is 45.3 Å². The maximum absolute atomic E-state index is 5.52. The van der Waals surface area contributed by atoms with Crippen molar-refractivity contribution >= 4 is 17.2 Å². The maximum Gasteiger partial charge on any atom is 0.156 e. The van der Waals surface area contributed by atoms with Crippen LogP contribution in [0, 0.1) is 0 Å². The zero-order chi connectivity index (χ0) is 17.8. The van der Waals surface area contributed by atoms with Crippen LogP contribution in [0.1, 0.15) is 54.3 Å². The first-order valence-corrected chi connectivity index (χ1v) is 9.54. The van der Waals surface area contributed by atoms with E-state index in [1.165, 1.54) is 5.01 Å². The van der Waals surface area contributed by atoms with Gasteiger partial charge in [0.1, 0.15) is 12.4 Å². The Bertz CT molecular complexity index is 698. The average Bonchev–Trinajstić information content (AvgIpc) is 3.26. The quantitative estimate of drug-likeness (QED) is 0.753. The summed E-state index contributed by atoms with van der Waals surface area (Å²) in [4.78, 5) is 16.2. The Hall–Kier alpha value is -1.57. The fourth-order valence-electron chi connectivity index (χ4n) is 2.85. The molecule has 1 atom stereocenters. The van der Waals surface area contributed by atoms with Crippen molar-refractivity contribution in [2.24, 2.45) is 0 Å². The Kier molecular flexibility index (Phi) is 5.98. The molecule has 0 bridgehead atoms. The summed E-state index contributed by atoms with van der Waals surface area (Å²) >= 11 is 1.72. The van der Waals surface area contributed by atoms with Crippen LogP contribution in [0.3, 0.4) is 0 Å². The molecule has 1 aliphatic heterocycles. The molecule has 0 saturated carbocycles. The summed E-state index contributed by atoms with van der Waals surface area (Å²) in [6, 6.07) is 2.08. The van der Waals surface area contributed by atoms with Crippen molar-refractivity contribution in [1.29, 1.82) is 0 Å². The molecule has 3 rings (SSSR count). The Morgan fingerprint density at radius 3 is 2.84 bits per heavy atom. The Morgan fingerprint density at radius 2 is 2.20 bits per heavy atom. The number of rotatable bonds is 7. The molecule has 3 heterocycles. The zero-order valence-corrected chi connectivity index (χ0v) is 16.2. The number of hydrogen-bond acceptors (Lipinski definition) is 7. The van der Waals surface area contributed by atoms with Crippen molar-refractivity contribution in [3.05, 3.63) is 33.7 Å². The van der Waals surface area contributed by atoms with Gasteiger partial charge in [-0.3, -0.25) is 0 Å². The lowest BCUT2D eigenvalue weighted by Crippen LogP contribution is -2.20. The summed E-state index contributed by atoms with van der Waals surface area (Å²) in [7, 11) is 3.71. The minimum absolute atomic E-state index is 0.345. The van der Waals surface area contributed by atoms with Crippen molar-refractivity contribution < 1.29 is 9.47 Å². The Balaban J connectivity index is 1.80. The first kappa shape index (κ1) is 18.2. The van der Waals surface area contributed by atoms with Gasteiger partial charge in [0.15, 0.2) is 5.82 Å². The normalized spacial score (nSPS) is 17.4. The molecule has 0 unspecified atom stereocenters. The number of nitrogens with zero attached hydrogens (tertiary/aromatic N) is 4. The van der Waals surface area contributed by atoms with Gasteiger partial charge in [0.25, 0.3) is 0 Å². The van der Waals surface area contributed by atoms with E-state index in [4.69, 9.17) is 14.5 Å². The third-order valence-electron chi connectivity index (χ3n) is 4.25. The lowest BCUT2D eigenvalue weighted by molar-refractivity contribution is 0.177. The van der Waals surface area contributed by atoms with Crippen LogP contribution in [-0.2, 0) is 22.6 Å². The summed E-state index contributed by atoms with van der Waals surface area (Å²) in [6.45, 7) is 7.02. The molecular weight excluding hydrogens is 336 g/mol. The van der Waals surface area contributed by atoms with E-state index in [1.807, 2.05) is 7.05 Å². The third kappa shape index (κ3) is 4.54. The van der Waals surface area contributed by atoms with Crippen LogP contribution in [0.5, 0.6) is 0 Å². The number of ether oxygens (including phenoxy) is 2. The van der Waals surface area contributed by atoms with Crippen molar-refractivity contribution in [1.82, 2.24) is 15.0 Å². The molecule has 0 spiro atoms. The molecule has 25 heavy (non-hydrogen) atoms. The number of thiazole rings is 1.